The number of hydrogen-bond acceptors (Lipinski definition) is 3. The Morgan fingerprint density at radius 3 is 2.30 bits per heavy atom. The van der Waals surface area contributed by atoms with Crippen LogP contribution in [0.25, 0.3) is 0 Å². The lowest BCUT2D eigenvalue weighted by Gasteiger charge is -2.20. The lowest BCUT2D eigenvalue weighted by atomic mass is 10.2. The van der Waals surface area contributed by atoms with E-state index >= 15 is 0 Å². The van der Waals surface area contributed by atoms with Gasteiger partial charge in [-0.3, -0.25) is 9.00 Å². The van der Waals surface area contributed by atoms with Crippen LogP contribution in [0.3, 0.4) is 0 Å². The van der Waals surface area contributed by atoms with E-state index in [0.717, 1.165) is 12.1 Å². The van der Waals surface area contributed by atoms with Crippen molar-refractivity contribution < 1.29 is 35.7 Å². The molecule has 0 spiro atoms. The SMILES string of the molecule is CS(=O)c1ccc(OCC(F)(F)C(F)(F)F)c(C=O)c1. The normalized spacial score (nSPS) is 13.9. The average Bonchev–Trinajstić information content (AvgIpc) is 2.34. The number of carbonyl (C=O) groups is 1. The van der Waals surface area contributed by atoms with E-state index in [0.29, 0.717) is 0 Å². The van der Waals surface area contributed by atoms with Crippen molar-refractivity contribution in [3.8, 4) is 5.75 Å². The Balaban J connectivity index is 2.94. The van der Waals surface area contributed by atoms with Crippen molar-refractivity contribution in [3.63, 3.8) is 0 Å². The highest BCUT2D eigenvalue weighted by atomic mass is 32.2. The molecule has 0 saturated carbocycles. The largest absolute Gasteiger partial charge is 0.486 e. The van der Waals surface area contributed by atoms with E-state index in [4.69, 9.17) is 0 Å². The summed E-state index contributed by atoms with van der Waals surface area (Å²) in [5, 5.41) is 0. The number of rotatable bonds is 5. The van der Waals surface area contributed by atoms with Gasteiger partial charge in [0.05, 0.1) is 5.56 Å². The lowest BCUT2D eigenvalue weighted by Crippen LogP contribution is -2.41. The van der Waals surface area contributed by atoms with E-state index in [1.54, 1.807) is 0 Å². The van der Waals surface area contributed by atoms with Crippen LogP contribution in [0.2, 0.25) is 0 Å². The van der Waals surface area contributed by atoms with Crippen LogP contribution in [0.1, 0.15) is 10.4 Å². The summed E-state index contributed by atoms with van der Waals surface area (Å²) in [7, 11) is -1.43. The molecule has 0 saturated heterocycles. The summed E-state index contributed by atoms with van der Waals surface area (Å²) in [6.07, 6.45) is -4.20. The molecule has 1 aromatic rings. The van der Waals surface area contributed by atoms with E-state index in [-0.39, 0.29) is 16.7 Å². The molecule has 0 aliphatic heterocycles. The van der Waals surface area contributed by atoms with Gasteiger partial charge in [0, 0.05) is 22.0 Å². The predicted octanol–water partition coefficient (Wildman–Crippen LogP) is 2.81. The zero-order chi connectivity index (χ0) is 15.6. The molecule has 9 heteroatoms. The molecule has 1 unspecified atom stereocenters. The zero-order valence-corrected chi connectivity index (χ0v) is 10.9. The highest BCUT2D eigenvalue weighted by molar-refractivity contribution is 7.84. The summed E-state index contributed by atoms with van der Waals surface area (Å²) >= 11 is 0. The van der Waals surface area contributed by atoms with Gasteiger partial charge in [-0.15, -0.1) is 0 Å². The van der Waals surface area contributed by atoms with Gasteiger partial charge in [0.2, 0.25) is 0 Å². The van der Waals surface area contributed by atoms with Crippen LogP contribution in [0.5, 0.6) is 5.75 Å². The first-order chi connectivity index (χ1) is 9.08. The predicted molar refractivity (Wildman–Crippen MR) is 60.7 cm³/mol. The summed E-state index contributed by atoms with van der Waals surface area (Å²) in [6.45, 7) is -1.94. The van der Waals surface area contributed by atoms with Crippen LogP contribution in [-0.4, -0.2) is 35.5 Å². The molecular formula is C11H9F5O3S. The first-order valence-electron chi connectivity index (χ1n) is 5.08. The molecular weight excluding hydrogens is 307 g/mol. The molecule has 3 nitrogen and oxygen atoms in total. The van der Waals surface area contributed by atoms with Gasteiger partial charge in [0.25, 0.3) is 0 Å². The topological polar surface area (TPSA) is 43.4 Å². The number of benzene rings is 1. The van der Waals surface area contributed by atoms with E-state index in [2.05, 4.69) is 4.74 Å². The maximum absolute atomic E-state index is 12.7. The molecule has 1 atom stereocenters. The van der Waals surface area contributed by atoms with Crippen molar-refractivity contribution in [1.29, 1.82) is 0 Å². The Kier molecular flexibility index (Phi) is 4.85. The van der Waals surface area contributed by atoms with Gasteiger partial charge in [-0.05, 0) is 18.2 Å². The third-order valence-corrected chi connectivity index (χ3v) is 3.18. The molecule has 20 heavy (non-hydrogen) atoms. The fourth-order valence-electron chi connectivity index (χ4n) is 1.18. The molecule has 1 aromatic carbocycles. The first kappa shape index (κ1) is 16.5. The standard InChI is InChI=1S/C11H9F5O3S/c1-20(18)8-2-3-9(7(4-8)5-17)19-6-10(12,13)11(14,15)16/h2-5H,6H2,1H3. The highest BCUT2D eigenvalue weighted by Crippen LogP contribution is 2.36. The van der Waals surface area contributed by atoms with Crippen LogP contribution in [-0.2, 0) is 10.8 Å². The van der Waals surface area contributed by atoms with Crippen LogP contribution < -0.4 is 4.74 Å². The average molecular weight is 316 g/mol. The van der Waals surface area contributed by atoms with Crippen LogP contribution >= 0.6 is 0 Å². The van der Waals surface area contributed by atoms with Crippen molar-refractivity contribution in [2.75, 3.05) is 12.9 Å². The van der Waals surface area contributed by atoms with E-state index < -0.39 is 35.3 Å². The summed E-state index contributed by atoms with van der Waals surface area (Å²) in [5.41, 5.74) is -0.254. The van der Waals surface area contributed by atoms with Crippen molar-refractivity contribution in [3.05, 3.63) is 23.8 Å². The van der Waals surface area contributed by atoms with Crippen molar-refractivity contribution in [1.82, 2.24) is 0 Å². The van der Waals surface area contributed by atoms with Crippen molar-refractivity contribution in [2.45, 2.75) is 17.0 Å². The fourth-order valence-corrected chi connectivity index (χ4v) is 1.73. The second kappa shape index (κ2) is 5.86. The Hall–Kier alpha value is -1.51. The number of ether oxygens (including phenoxy) is 1. The monoisotopic (exact) mass is 316 g/mol. The number of hydrogen-bond donors (Lipinski definition) is 0. The van der Waals surface area contributed by atoms with Crippen molar-refractivity contribution in [2.24, 2.45) is 0 Å². The molecule has 0 heterocycles. The minimum atomic E-state index is -5.74. The molecule has 0 radical (unpaired) electrons. The first-order valence-corrected chi connectivity index (χ1v) is 6.64. The van der Waals surface area contributed by atoms with Gasteiger partial charge in [-0.25, -0.2) is 0 Å². The molecule has 0 amide bonds. The van der Waals surface area contributed by atoms with Crippen LogP contribution in [0, 0.1) is 0 Å². The Morgan fingerprint density at radius 1 is 1.25 bits per heavy atom. The second-order valence-electron chi connectivity index (χ2n) is 3.76. The van der Waals surface area contributed by atoms with E-state index in [9.17, 15) is 31.0 Å². The molecule has 0 aromatic heterocycles. The lowest BCUT2D eigenvalue weighted by molar-refractivity contribution is -0.290. The maximum atomic E-state index is 12.7. The molecule has 0 aliphatic rings. The number of aldehydes is 1. The minimum Gasteiger partial charge on any atom is -0.486 e. The quantitative estimate of drug-likeness (QED) is 0.620. The van der Waals surface area contributed by atoms with Crippen molar-refractivity contribution >= 4 is 17.1 Å². The molecule has 0 aliphatic carbocycles. The van der Waals surface area contributed by atoms with Crippen LogP contribution in [0.4, 0.5) is 22.0 Å². The van der Waals surface area contributed by atoms with Gasteiger partial charge in [-0.2, -0.15) is 22.0 Å². The third-order valence-electron chi connectivity index (χ3n) is 2.26. The number of carbonyl (C=O) groups excluding carboxylic acids is 1. The Labute approximate surface area is 113 Å². The molecule has 0 bridgehead atoms. The van der Waals surface area contributed by atoms with E-state index in [1.165, 1.54) is 12.3 Å². The summed E-state index contributed by atoms with van der Waals surface area (Å²) in [4.78, 5) is 11.0. The summed E-state index contributed by atoms with van der Waals surface area (Å²) in [6, 6.07) is 3.33. The number of alkyl halides is 5. The fraction of sp³-hybridized carbons (Fsp3) is 0.364. The third kappa shape index (κ3) is 3.75. The molecule has 112 valence electrons. The summed E-state index contributed by atoms with van der Waals surface area (Å²) < 4.78 is 76.7. The number of halogens is 5. The zero-order valence-electron chi connectivity index (χ0n) is 10.0. The maximum Gasteiger partial charge on any atom is 0.456 e. The molecule has 0 N–H and O–H groups in total. The van der Waals surface area contributed by atoms with Crippen LogP contribution in [0.15, 0.2) is 23.1 Å². The van der Waals surface area contributed by atoms with Gasteiger partial charge < -0.3 is 4.74 Å². The highest BCUT2D eigenvalue weighted by Gasteiger charge is 2.58. The molecule has 1 rings (SSSR count). The van der Waals surface area contributed by atoms with Gasteiger partial charge in [0.1, 0.15) is 5.75 Å². The smallest absolute Gasteiger partial charge is 0.456 e. The minimum absolute atomic E-state index is 0.220. The van der Waals surface area contributed by atoms with Gasteiger partial charge in [0.15, 0.2) is 12.9 Å². The van der Waals surface area contributed by atoms with Gasteiger partial charge >= 0.3 is 12.1 Å². The molecule has 0 fully saturated rings. The Bertz CT molecular complexity index is 527. The Morgan fingerprint density at radius 2 is 1.85 bits per heavy atom. The second-order valence-corrected chi connectivity index (χ2v) is 5.14. The summed E-state index contributed by atoms with van der Waals surface area (Å²) in [5.74, 6) is -5.46. The van der Waals surface area contributed by atoms with Gasteiger partial charge in [-0.1, -0.05) is 0 Å². The van der Waals surface area contributed by atoms with E-state index in [1.807, 2.05) is 0 Å².